The fraction of sp³-hybridized carbons (Fsp3) is 0.500. The van der Waals surface area contributed by atoms with E-state index in [0.717, 1.165) is 19.5 Å². The molecule has 2 rings (SSSR count). The highest BCUT2D eigenvalue weighted by atomic mass is 35.5. The van der Waals surface area contributed by atoms with E-state index in [1.807, 2.05) is 6.07 Å². The molecule has 1 saturated heterocycles. The highest BCUT2D eigenvalue weighted by Gasteiger charge is 2.29. The number of halogens is 1. The molecule has 1 aromatic rings. The third-order valence-corrected chi connectivity index (χ3v) is 4.70. The zero-order valence-electron chi connectivity index (χ0n) is 11.7. The Kier molecular flexibility index (Phi) is 5.09. The zero-order valence-corrected chi connectivity index (χ0v) is 13.2. The minimum Gasteiger partial charge on any atom is -0.489 e. The fourth-order valence-corrected chi connectivity index (χ4v) is 3.49. The minimum absolute atomic E-state index is 0.0378. The normalized spacial score (nSPS) is 20.0. The maximum atomic E-state index is 11.6. The third kappa shape index (κ3) is 4.60. The highest BCUT2D eigenvalue weighted by molar-refractivity contribution is 7.90. The number of nitrogens with zero attached hydrogens (tertiary/aromatic N) is 1. The van der Waals surface area contributed by atoms with E-state index in [2.05, 4.69) is 5.32 Å². The van der Waals surface area contributed by atoms with E-state index in [0.29, 0.717) is 16.3 Å². The third-order valence-electron chi connectivity index (χ3n) is 3.44. The summed E-state index contributed by atoms with van der Waals surface area (Å²) in [5.74, 6) is 0.571. The van der Waals surface area contributed by atoms with Crippen LogP contribution in [0.15, 0.2) is 18.2 Å². The van der Waals surface area contributed by atoms with Gasteiger partial charge in [0.25, 0.3) is 0 Å². The van der Waals surface area contributed by atoms with Crippen molar-refractivity contribution in [2.75, 3.05) is 25.1 Å². The van der Waals surface area contributed by atoms with Gasteiger partial charge in [-0.05, 0) is 31.2 Å². The molecule has 1 aromatic carbocycles. The second-order valence-corrected chi connectivity index (χ2v) is 7.85. The lowest BCUT2D eigenvalue weighted by atomic mass is 10.0. The maximum absolute atomic E-state index is 11.6. The van der Waals surface area contributed by atoms with Gasteiger partial charge in [-0.2, -0.15) is 5.26 Å². The number of hydrogen-bond donors (Lipinski definition) is 1. The summed E-state index contributed by atoms with van der Waals surface area (Å²) in [5, 5.41) is 12.5. The fourth-order valence-electron chi connectivity index (χ4n) is 2.40. The van der Waals surface area contributed by atoms with Crippen LogP contribution >= 0.6 is 11.6 Å². The highest BCUT2D eigenvalue weighted by Crippen LogP contribution is 2.25. The molecule has 2 atom stereocenters. The van der Waals surface area contributed by atoms with E-state index in [4.69, 9.17) is 21.6 Å². The van der Waals surface area contributed by atoms with Crippen molar-refractivity contribution in [3.63, 3.8) is 0 Å². The van der Waals surface area contributed by atoms with E-state index in [9.17, 15) is 8.42 Å². The summed E-state index contributed by atoms with van der Waals surface area (Å²) >= 11 is 5.88. The lowest BCUT2D eigenvalue weighted by Gasteiger charge is -2.23. The van der Waals surface area contributed by atoms with Gasteiger partial charge < -0.3 is 10.1 Å². The van der Waals surface area contributed by atoms with Gasteiger partial charge in [-0.15, -0.1) is 0 Å². The van der Waals surface area contributed by atoms with Crippen LogP contribution in [-0.4, -0.2) is 39.6 Å². The van der Waals surface area contributed by atoms with Gasteiger partial charge >= 0.3 is 0 Å². The summed E-state index contributed by atoms with van der Waals surface area (Å²) in [6.45, 7) is 1.59. The molecule has 0 spiro atoms. The quantitative estimate of drug-likeness (QED) is 0.888. The lowest BCUT2D eigenvalue weighted by Crippen LogP contribution is -2.35. The van der Waals surface area contributed by atoms with Gasteiger partial charge in [-0.3, -0.25) is 0 Å². The van der Waals surface area contributed by atoms with Crippen molar-refractivity contribution in [2.24, 2.45) is 5.92 Å². The second kappa shape index (κ2) is 6.65. The first-order valence-electron chi connectivity index (χ1n) is 6.64. The van der Waals surface area contributed by atoms with Gasteiger partial charge in [0, 0.05) is 18.7 Å². The predicted molar refractivity (Wildman–Crippen MR) is 81.3 cm³/mol. The molecule has 1 fully saturated rings. The molecule has 1 N–H and O–H groups in total. The molecule has 0 amide bonds. The Labute approximate surface area is 129 Å². The Bertz CT molecular complexity index is 649. The van der Waals surface area contributed by atoms with Gasteiger partial charge in [0.2, 0.25) is 0 Å². The van der Waals surface area contributed by atoms with Gasteiger partial charge in [-0.25, -0.2) is 8.42 Å². The molecular weight excluding hydrogens is 312 g/mol. The van der Waals surface area contributed by atoms with Crippen LogP contribution < -0.4 is 10.1 Å². The van der Waals surface area contributed by atoms with Gasteiger partial charge in [-0.1, -0.05) is 11.6 Å². The van der Waals surface area contributed by atoms with E-state index < -0.39 is 15.9 Å². The first kappa shape index (κ1) is 16.1. The van der Waals surface area contributed by atoms with E-state index in [-0.39, 0.29) is 11.7 Å². The molecule has 0 saturated carbocycles. The van der Waals surface area contributed by atoms with Crippen molar-refractivity contribution < 1.29 is 13.2 Å². The Morgan fingerprint density at radius 1 is 1.57 bits per heavy atom. The number of hydrogen-bond acceptors (Lipinski definition) is 5. The Balaban J connectivity index is 2.20. The summed E-state index contributed by atoms with van der Waals surface area (Å²) in [6, 6.07) is 6.76. The number of sulfone groups is 1. The van der Waals surface area contributed by atoms with Crippen molar-refractivity contribution in [3.8, 4) is 11.8 Å². The van der Waals surface area contributed by atoms with E-state index in [1.54, 1.807) is 18.2 Å². The van der Waals surface area contributed by atoms with Crippen LogP contribution in [0, 0.1) is 17.2 Å². The van der Waals surface area contributed by atoms with Crippen molar-refractivity contribution in [3.05, 3.63) is 28.8 Å². The molecule has 1 aliphatic rings. The molecule has 0 aliphatic carbocycles. The van der Waals surface area contributed by atoms with Crippen LogP contribution in [0.3, 0.4) is 0 Å². The average molecular weight is 329 g/mol. The predicted octanol–water partition coefficient (Wildman–Crippen LogP) is 1.61. The summed E-state index contributed by atoms with van der Waals surface area (Å²) < 4.78 is 29.0. The molecule has 0 bridgehead atoms. The van der Waals surface area contributed by atoms with E-state index >= 15 is 0 Å². The summed E-state index contributed by atoms with van der Waals surface area (Å²) in [6.07, 6.45) is 1.65. The van der Waals surface area contributed by atoms with Crippen molar-refractivity contribution in [2.45, 2.75) is 12.5 Å². The van der Waals surface area contributed by atoms with Gasteiger partial charge in [0.15, 0.2) is 9.84 Å². The number of nitriles is 1. The number of benzene rings is 1. The maximum Gasteiger partial charge on any atom is 0.151 e. The number of rotatable bonds is 5. The molecule has 0 aromatic heterocycles. The van der Waals surface area contributed by atoms with Crippen molar-refractivity contribution in [1.29, 1.82) is 5.26 Å². The molecule has 114 valence electrons. The van der Waals surface area contributed by atoms with Gasteiger partial charge in [0.05, 0.1) is 16.3 Å². The van der Waals surface area contributed by atoms with Crippen LogP contribution in [-0.2, 0) is 9.84 Å². The molecule has 1 aliphatic heterocycles. The minimum atomic E-state index is -3.15. The van der Waals surface area contributed by atoms with Crippen molar-refractivity contribution in [1.82, 2.24) is 5.32 Å². The van der Waals surface area contributed by atoms with Gasteiger partial charge in [0.1, 0.15) is 17.9 Å². The molecule has 7 heteroatoms. The van der Waals surface area contributed by atoms with Crippen LogP contribution in [0.1, 0.15) is 12.0 Å². The summed E-state index contributed by atoms with van der Waals surface area (Å²) in [5.41, 5.74) is 0.316. The topological polar surface area (TPSA) is 79.2 Å². The van der Waals surface area contributed by atoms with Crippen LogP contribution in [0.25, 0.3) is 0 Å². The summed E-state index contributed by atoms with van der Waals surface area (Å²) in [7, 11) is -3.15. The average Bonchev–Trinajstić information content (AvgIpc) is 2.92. The summed E-state index contributed by atoms with van der Waals surface area (Å²) in [4.78, 5) is 0. The smallest absolute Gasteiger partial charge is 0.151 e. The Hall–Kier alpha value is -1.29. The Morgan fingerprint density at radius 3 is 2.90 bits per heavy atom. The molecule has 0 unspecified atom stereocenters. The largest absolute Gasteiger partial charge is 0.489 e. The first-order chi connectivity index (χ1) is 9.89. The monoisotopic (exact) mass is 328 g/mol. The van der Waals surface area contributed by atoms with Crippen molar-refractivity contribution >= 4 is 21.4 Å². The van der Waals surface area contributed by atoms with Crippen LogP contribution in [0.4, 0.5) is 0 Å². The van der Waals surface area contributed by atoms with Crippen LogP contribution in [0.2, 0.25) is 5.02 Å². The molecular formula is C14H17ClN2O3S. The zero-order chi connectivity index (χ0) is 15.5. The Morgan fingerprint density at radius 2 is 2.33 bits per heavy atom. The number of ether oxygens (including phenoxy) is 1. The molecule has 1 heterocycles. The molecule has 0 radical (unpaired) electrons. The SMILES string of the molecule is CS(=O)(=O)C[C@@H](Oc1ccc(Cl)c(C#N)c1)[C@H]1CCNC1. The van der Waals surface area contributed by atoms with Crippen LogP contribution in [0.5, 0.6) is 5.75 Å². The standard InChI is InChI=1S/C14H17ClN2O3S/c1-21(18,19)9-14(10-4-5-17-8-10)20-12-2-3-13(15)11(6-12)7-16/h2-3,6,10,14,17H,4-5,8-9H2,1H3/t10-,14+/m0/s1. The first-order valence-corrected chi connectivity index (χ1v) is 9.07. The lowest BCUT2D eigenvalue weighted by molar-refractivity contribution is 0.163. The number of nitrogens with one attached hydrogen (secondary N) is 1. The van der Waals surface area contributed by atoms with E-state index in [1.165, 1.54) is 6.26 Å². The molecule has 5 nitrogen and oxygen atoms in total. The second-order valence-electron chi connectivity index (χ2n) is 5.26. The molecule has 21 heavy (non-hydrogen) atoms.